The van der Waals surface area contributed by atoms with Crippen molar-refractivity contribution < 1.29 is 21.6 Å². The second-order valence-corrected chi connectivity index (χ2v) is 12.8. The quantitative estimate of drug-likeness (QED) is 0.465. The van der Waals surface area contributed by atoms with Crippen molar-refractivity contribution in [2.45, 2.75) is 15.8 Å². The van der Waals surface area contributed by atoms with Crippen LogP contribution in [0, 0.1) is 0 Å². The van der Waals surface area contributed by atoms with E-state index in [1.54, 1.807) is 48.5 Å². The van der Waals surface area contributed by atoms with E-state index in [-0.39, 0.29) is 29.4 Å². The summed E-state index contributed by atoms with van der Waals surface area (Å²) in [5.41, 5.74) is 0.350. The molecule has 0 bridgehead atoms. The molecule has 0 unspecified atom stereocenters. The molecule has 0 radical (unpaired) electrons. The lowest BCUT2D eigenvalue weighted by Crippen LogP contribution is -2.60. The molecule has 3 aromatic carbocycles. The summed E-state index contributed by atoms with van der Waals surface area (Å²) in [5, 5.41) is 3.03. The number of benzene rings is 3. The Bertz CT molecular complexity index is 1440. The Balaban J connectivity index is 1.69. The van der Waals surface area contributed by atoms with Crippen LogP contribution in [0.3, 0.4) is 0 Å². The van der Waals surface area contributed by atoms with E-state index in [4.69, 9.17) is 11.6 Å². The molecule has 35 heavy (non-hydrogen) atoms. The Hall–Kier alpha value is -2.28. The van der Waals surface area contributed by atoms with Gasteiger partial charge in [-0.25, -0.2) is 16.8 Å². The van der Waals surface area contributed by atoms with Gasteiger partial charge in [-0.05, 0) is 58.4 Å². The fourth-order valence-electron chi connectivity index (χ4n) is 3.73. The van der Waals surface area contributed by atoms with Crippen molar-refractivity contribution in [1.82, 2.24) is 8.61 Å². The number of nitrogens with zero attached hydrogens (tertiary/aromatic N) is 2. The Morgan fingerprint density at radius 1 is 0.857 bits per heavy atom. The molecule has 1 N–H and O–H groups in total. The molecule has 0 saturated carbocycles. The first kappa shape index (κ1) is 25.8. The SMILES string of the molecule is O=C(Nc1ccc(Br)c(Cl)c1)[C@@H]1CN(S(=O)(=O)c2ccccc2)CCN1S(=O)(=O)c1ccccc1. The Morgan fingerprint density at radius 2 is 1.43 bits per heavy atom. The van der Waals surface area contributed by atoms with Crippen LogP contribution in [0.2, 0.25) is 5.02 Å². The first-order valence-corrected chi connectivity index (χ1v) is 14.5. The Kier molecular flexibility index (Phi) is 7.65. The van der Waals surface area contributed by atoms with Gasteiger partial charge in [-0.15, -0.1) is 0 Å². The maximum Gasteiger partial charge on any atom is 0.244 e. The third-order valence-corrected chi connectivity index (χ3v) is 10.5. The van der Waals surface area contributed by atoms with Crippen LogP contribution in [0.5, 0.6) is 0 Å². The zero-order valence-corrected chi connectivity index (χ0v) is 22.2. The van der Waals surface area contributed by atoms with E-state index in [1.807, 2.05) is 0 Å². The highest BCUT2D eigenvalue weighted by atomic mass is 79.9. The average molecular weight is 599 g/mol. The van der Waals surface area contributed by atoms with Crippen molar-refractivity contribution in [2.75, 3.05) is 25.0 Å². The molecule has 3 aromatic rings. The summed E-state index contributed by atoms with van der Waals surface area (Å²) in [6.45, 7) is -0.640. The molecule has 1 atom stereocenters. The van der Waals surface area contributed by atoms with Crippen LogP contribution in [0.25, 0.3) is 0 Å². The molecule has 1 fully saturated rings. The monoisotopic (exact) mass is 597 g/mol. The lowest BCUT2D eigenvalue weighted by Gasteiger charge is -2.38. The Morgan fingerprint density at radius 3 is 2.00 bits per heavy atom. The van der Waals surface area contributed by atoms with Gasteiger partial charge in [-0.1, -0.05) is 48.0 Å². The average Bonchev–Trinajstić information content (AvgIpc) is 2.87. The summed E-state index contributed by atoms with van der Waals surface area (Å²) in [4.78, 5) is 13.5. The molecule has 184 valence electrons. The molecular formula is C23H21BrClN3O5S2. The highest BCUT2D eigenvalue weighted by molar-refractivity contribution is 9.10. The van der Waals surface area contributed by atoms with Crippen molar-refractivity contribution in [1.29, 1.82) is 0 Å². The summed E-state index contributed by atoms with van der Waals surface area (Å²) < 4.78 is 56.1. The van der Waals surface area contributed by atoms with Gasteiger partial charge in [-0.3, -0.25) is 4.79 Å². The van der Waals surface area contributed by atoms with Gasteiger partial charge in [0.1, 0.15) is 6.04 Å². The van der Waals surface area contributed by atoms with Gasteiger partial charge < -0.3 is 5.32 Å². The van der Waals surface area contributed by atoms with E-state index >= 15 is 0 Å². The summed E-state index contributed by atoms with van der Waals surface area (Å²) in [5.74, 6) is -0.671. The molecule has 0 spiro atoms. The number of nitrogens with one attached hydrogen (secondary N) is 1. The van der Waals surface area contributed by atoms with Crippen LogP contribution in [-0.4, -0.2) is 57.0 Å². The van der Waals surface area contributed by atoms with E-state index in [0.29, 0.717) is 15.2 Å². The number of halogens is 2. The minimum Gasteiger partial charge on any atom is -0.325 e. The van der Waals surface area contributed by atoms with Gasteiger partial charge in [0.2, 0.25) is 26.0 Å². The van der Waals surface area contributed by atoms with Crippen molar-refractivity contribution in [3.05, 3.63) is 88.4 Å². The van der Waals surface area contributed by atoms with Crippen LogP contribution in [0.1, 0.15) is 0 Å². The predicted octanol–water partition coefficient (Wildman–Crippen LogP) is 3.81. The molecule has 0 aromatic heterocycles. The summed E-state index contributed by atoms with van der Waals surface area (Å²) in [6.07, 6.45) is 0. The minimum atomic E-state index is -4.08. The lowest BCUT2D eigenvalue weighted by molar-refractivity contribution is -0.120. The molecular weight excluding hydrogens is 578 g/mol. The third-order valence-electron chi connectivity index (χ3n) is 5.51. The molecule has 0 aliphatic carbocycles. The number of carbonyl (C=O) groups is 1. The minimum absolute atomic E-state index is 0.0175. The summed E-state index contributed by atoms with van der Waals surface area (Å²) in [6, 6.07) is 19.0. The van der Waals surface area contributed by atoms with Crippen LogP contribution in [0.15, 0.2) is 93.1 Å². The maximum atomic E-state index is 13.4. The zero-order chi connectivity index (χ0) is 25.2. The molecule has 1 heterocycles. The van der Waals surface area contributed by atoms with Crippen LogP contribution in [0.4, 0.5) is 5.69 Å². The van der Waals surface area contributed by atoms with Gasteiger partial charge in [0.25, 0.3) is 0 Å². The molecule has 1 aliphatic rings. The van der Waals surface area contributed by atoms with Gasteiger partial charge in [-0.2, -0.15) is 8.61 Å². The van der Waals surface area contributed by atoms with E-state index in [1.165, 1.54) is 30.3 Å². The van der Waals surface area contributed by atoms with E-state index < -0.39 is 32.0 Å². The van der Waals surface area contributed by atoms with Crippen LogP contribution < -0.4 is 5.32 Å². The molecule has 1 aliphatic heterocycles. The van der Waals surface area contributed by atoms with E-state index in [9.17, 15) is 21.6 Å². The topological polar surface area (TPSA) is 104 Å². The maximum absolute atomic E-state index is 13.4. The largest absolute Gasteiger partial charge is 0.325 e. The second-order valence-electron chi connectivity index (χ2n) is 7.74. The number of piperazine rings is 1. The van der Waals surface area contributed by atoms with Crippen molar-refractivity contribution in [3.63, 3.8) is 0 Å². The molecule has 4 rings (SSSR count). The van der Waals surface area contributed by atoms with Gasteiger partial charge >= 0.3 is 0 Å². The highest BCUT2D eigenvalue weighted by Gasteiger charge is 2.43. The first-order valence-electron chi connectivity index (χ1n) is 10.5. The first-order chi connectivity index (χ1) is 16.6. The van der Waals surface area contributed by atoms with Crippen LogP contribution in [-0.2, 0) is 24.8 Å². The van der Waals surface area contributed by atoms with Crippen molar-refractivity contribution >= 4 is 59.2 Å². The van der Waals surface area contributed by atoms with Crippen LogP contribution >= 0.6 is 27.5 Å². The highest BCUT2D eigenvalue weighted by Crippen LogP contribution is 2.28. The molecule has 12 heteroatoms. The number of hydrogen-bond donors (Lipinski definition) is 1. The smallest absolute Gasteiger partial charge is 0.244 e. The Labute approximate surface area is 217 Å². The van der Waals surface area contributed by atoms with Gasteiger partial charge in [0.15, 0.2) is 0 Å². The third kappa shape index (κ3) is 5.45. The molecule has 1 saturated heterocycles. The number of sulfonamides is 2. The fourth-order valence-corrected chi connectivity index (χ4v) is 7.21. The molecule has 8 nitrogen and oxygen atoms in total. The molecule has 1 amide bonds. The lowest BCUT2D eigenvalue weighted by atomic mass is 10.2. The number of rotatable bonds is 6. The summed E-state index contributed by atoms with van der Waals surface area (Å²) >= 11 is 9.40. The predicted molar refractivity (Wildman–Crippen MR) is 137 cm³/mol. The number of hydrogen-bond acceptors (Lipinski definition) is 5. The normalized spacial score (nSPS) is 17.7. The zero-order valence-electron chi connectivity index (χ0n) is 18.2. The summed E-state index contributed by atoms with van der Waals surface area (Å²) in [7, 11) is -8.02. The fraction of sp³-hybridized carbons (Fsp3) is 0.174. The second kappa shape index (κ2) is 10.4. The van der Waals surface area contributed by atoms with Crippen molar-refractivity contribution in [2.24, 2.45) is 0 Å². The van der Waals surface area contributed by atoms with E-state index in [0.717, 1.165) is 8.61 Å². The van der Waals surface area contributed by atoms with Crippen molar-refractivity contribution in [3.8, 4) is 0 Å². The number of amides is 1. The van der Waals surface area contributed by atoms with E-state index in [2.05, 4.69) is 21.2 Å². The number of carbonyl (C=O) groups excluding carboxylic acids is 1. The van der Waals surface area contributed by atoms with Gasteiger partial charge in [0, 0.05) is 29.8 Å². The number of anilines is 1. The van der Waals surface area contributed by atoms with Gasteiger partial charge in [0.05, 0.1) is 14.8 Å². The standard InChI is InChI=1S/C23H21BrClN3O5S2/c24-20-12-11-17(15-21(20)25)26-23(29)22-16-27(34(30,31)18-7-3-1-4-8-18)13-14-28(22)35(32,33)19-9-5-2-6-10-19/h1-12,15,22H,13-14,16H2,(H,26,29)/t22-/m0/s1.